The number of nitrogens with one attached hydrogen (secondary N) is 1. The summed E-state index contributed by atoms with van der Waals surface area (Å²) >= 11 is 1.31. The Balaban J connectivity index is 1.56. The smallest absolute Gasteiger partial charge is 0.262 e. The third kappa shape index (κ3) is 4.05. The van der Waals surface area contributed by atoms with E-state index in [0.29, 0.717) is 22.6 Å². The van der Waals surface area contributed by atoms with Crippen LogP contribution in [0.1, 0.15) is 36.9 Å². The van der Waals surface area contributed by atoms with E-state index in [1.54, 1.807) is 16.7 Å². The van der Waals surface area contributed by atoms with Crippen molar-refractivity contribution in [3.63, 3.8) is 0 Å². The molecule has 5 nitrogen and oxygen atoms in total. The Morgan fingerprint density at radius 3 is 2.90 bits per heavy atom. The molecule has 0 fully saturated rings. The number of aryl methyl sites for hydroxylation is 1. The first-order valence-electron chi connectivity index (χ1n) is 10.2. The second kappa shape index (κ2) is 8.88. The molecule has 0 saturated heterocycles. The number of thioether (sulfide) groups is 1. The SMILES string of the molecule is C=CCn1c(S[C@H](C)C(=O)N[C@@H]2CCCc3ccccc32)nc2ccccc2c1=O. The van der Waals surface area contributed by atoms with E-state index in [4.69, 9.17) is 0 Å². The van der Waals surface area contributed by atoms with Crippen LogP contribution in [0.2, 0.25) is 0 Å². The Morgan fingerprint density at radius 1 is 1.30 bits per heavy atom. The molecule has 0 aliphatic heterocycles. The zero-order valence-electron chi connectivity index (χ0n) is 17.0. The zero-order chi connectivity index (χ0) is 21.1. The lowest BCUT2D eigenvalue weighted by atomic mass is 9.88. The van der Waals surface area contributed by atoms with Crippen LogP contribution in [0, 0.1) is 0 Å². The van der Waals surface area contributed by atoms with E-state index in [2.05, 4.69) is 29.0 Å². The number of amides is 1. The topological polar surface area (TPSA) is 64.0 Å². The predicted molar refractivity (Wildman–Crippen MR) is 122 cm³/mol. The van der Waals surface area contributed by atoms with Gasteiger partial charge in [-0.05, 0) is 49.4 Å². The molecule has 1 aromatic heterocycles. The molecular formula is C24H25N3O2S. The number of carbonyl (C=O) groups is 1. The molecule has 30 heavy (non-hydrogen) atoms. The average molecular weight is 420 g/mol. The molecule has 1 aliphatic carbocycles. The maximum absolute atomic E-state index is 13.0. The summed E-state index contributed by atoms with van der Waals surface area (Å²) in [6.07, 6.45) is 4.73. The van der Waals surface area contributed by atoms with Crippen molar-refractivity contribution in [3.05, 3.63) is 82.7 Å². The number of allylic oxidation sites excluding steroid dienone is 1. The number of fused-ring (bicyclic) bond motifs is 2. The number of carbonyl (C=O) groups excluding carboxylic acids is 1. The van der Waals surface area contributed by atoms with E-state index in [0.717, 1.165) is 19.3 Å². The molecule has 1 amide bonds. The Kier molecular flexibility index (Phi) is 6.04. The Labute approximate surface area is 180 Å². The highest BCUT2D eigenvalue weighted by atomic mass is 32.2. The van der Waals surface area contributed by atoms with Gasteiger partial charge in [-0.15, -0.1) is 6.58 Å². The first kappa shape index (κ1) is 20.4. The van der Waals surface area contributed by atoms with Crippen LogP contribution in [0.5, 0.6) is 0 Å². The summed E-state index contributed by atoms with van der Waals surface area (Å²) < 4.78 is 1.58. The quantitative estimate of drug-likeness (QED) is 0.368. The fourth-order valence-corrected chi connectivity index (χ4v) is 4.86. The molecule has 0 unspecified atom stereocenters. The minimum absolute atomic E-state index is 0.0328. The Hall–Kier alpha value is -2.86. The van der Waals surface area contributed by atoms with E-state index < -0.39 is 0 Å². The maximum Gasteiger partial charge on any atom is 0.262 e. The highest BCUT2D eigenvalue weighted by Gasteiger charge is 2.25. The number of hydrogen-bond acceptors (Lipinski definition) is 4. The molecule has 0 spiro atoms. The minimum Gasteiger partial charge on any atom is -0.348 e. The molecular weight excluding hydrogens is 394 g/mol. The van der Waals surface area contributed by atoms with Gasteiger partial charge in [0.15, 0.2) is 5.16 Å². The van der Waals surface area contributed by atoms with Crippen molar-refractivity contribution in [1.29, 1.82) is 0 Å². The van der Waals surface area contributed by atoms with Gasteiger partial charge in [0.25, 0.3) is 5.56 Å². The highest BCUT2D eigenvalue weighted by Crippen LogP contribution is 2.30. The molecule has 1 heterocycles. The Morgan fingerprint density at radius 2 is 2.07 bits per heavy atom. The molecule has 6 heteroatoms. The van der Waals surface area contributed by atoms with Crippen molar-refractivity contribution in [2.75, 3.05) is 0 Å². The molecule has 1 aliphatic rings. The molecule has 3 aromatic rings. The van der Waals surface area contributed by atoms with Crippen molar-refractivity contribution < 1.29 is 4.79 Å². The van der Waals surface area contributed by atoms with Gasteiger partial charge in [0, 0.05) is 6.54 Å². The number of nitrogens with zero attached hydrogens (tertiary/aromatic N) is 2. The van der Waals surface area contributed by atoms with E-state index in [-0.39, 0.29) is 22.8 Å². The fourth-order valence-electron chi connectivity index (χ4n) is 3.93. The van der Waals surface area contributed by atoms with E-state index >= 15 is 0 Å². The summed E-state index contributed by atoms with van der Waals surface area (Å²) in [5.74, 6) is -0.0470. The molecule has 0 saturated carbocycles. The van der Waals surface area contributed by atoms with Crippen LogP contribution < -0.4 is 10.9 Å². The van der Waals surface area contributed by atoms with Gasteiger partial charge in [-0.25, -0.2) is 4.98 Å². The van der Waals surface area contributed by atoms with Crippen LogP contribution in [0.4, 0.5) is 0 Å². The second-order valence-corrected chi connectivity index (χ2v) is 8.84. The van der Waals surface area contributed by atoms with Crippen molar-refractivity contribution in [3.8, 4) is 0 Å². The van der Waals surface area contributed by atoms with E-state index in [1.807, 2.05) is 37.3 Å². The maximum atomic E-state index is 13.0. The third-order valence-electron chi connectivity index (χ3n) is 5.48. The summed E-state index contributed by atoms with van der Waals surface area (Å²) in [7, 11) is 0. The van der Waals surface area contributed by atoms with Crippen molar-refractivity contribution in [1.82, 2.24) is 14.9 Å². The van der Waals surface area contributed by atoms with Gasteiger partial charge in [-0.2, -0.15) is 0 Å². The zero-order valence-corrected chi connectivity index (χ0v) is 17.8. The van der Waals surface area contributed by atoms with Gasteiger partial charge >= 0.3 is 0 Å². The van der Waals surface area contributed by atoms with E-state index in [9.17, 15) is 9.59 Å². The van der Waals surface area contributed by atoms with Crippen molar-refractivity contribution >= 4 is 28.6 Å². The van der Waals surface area contributed by atoms with Gasteiger partial charge in [-0.3, -0.25) is 14.2 Å². The average Bonchev–Trinajstić information content (AvgIpc) is 2.76. The second-order valence-electron chi connectivity index (χ2n) is 7.53. The standard InChI is InChI=1S/C24H25N3O2S/c1-3-15-27-23(29)19-12-6-7-13-21(19)26-24(27)30-16(2)22(28)25-20-14-8-10-17-9-4-5-11-18(17)20/h3-7,9,11-13,16,20H,1,8,10,14-15H2,2H3,(H,25,28)/t16-,20-/m1/s1. The third-order valence-corrected chi connectivity index (χ3v) is 6.57. The van der Waals surface area contributed by atoms with Crippen LogP contribution in [-0.4, -0.2) is 20.7 Å². The highest BCUT2D eigenvalue weighted by molar-refractivity contribution is 8.00. The van der Waals surface area contributed by atoms with Crippen molar-refractivity contribution in [2.45, 2.75) is 49.2 Å². The minimum atomic E-state index is -0.386. The van der Waals surface area contributed by atoms with Gasteiger partial charge < -0.3 is 5.32 Å². The largest absolute Gasteiger partial charge is 0.348 e. The molecule has 0 radical (unpaired) electrons. The van der Waals surface area contributed by atoms with Crippen LogP contribution in [0.15, 0.2) is 71.1 Å². The van der Waals surface area contributed by atoms with Crippen LogP contribution in [-0.2, 0) is 17.8 Å². The van der Waals surface area contributed by atoms with E-state index in [1.165, 1.54) is 22.9 Å². The van der Waals surface area contributed by atoms with Crippen LogP contribution >= 0.6 is 11.8 Å². The lowest BCUT2D eigenvalue weighted by molar-refractivity contribution is -0.121. The van der Waals surface area contributed by atoms with Crippen LogP contribution in [0.25, 0.3) is 10.9 Å². The monoisotopic (exact) mass is 419 g/mol. The fraction of sp³-hybridized carbons (Fsp3) is 0.292. The molecule has 154 valence electrons. The molecule has 2 aromatic carbocycles. The van der Waals surface area contributed by atoms with Gasteiger partial charge in [0.1, 0.15) is 0 Å². The first-order valence-corrected chi connectivity index (χ1v) is 11.1. The molecule has 1 N–H and O–H groups in total. The van der Waals surface area contributed by atoms with Crippen molar-refractivity contribution in [2.24, 2.45) is 0 Å². The number of rotatable bonds is 6. The normalized spacial score (nSPS) is 16.6. The summed E-state index contributed by atoms with van der Waals surface area (Å²) in [5.41, 5.74) is 3.04. The van der Waals surface area contributed by atoms with Gasteiger partial charge in [0.2, 0.25) is 5.91 Å². The lowest BCUT2D eigenvalue weighted by Crippen LogP contribution is -2.36. The van der Waals surface area contributed by atoms with Gasteiger partial charge in [-0.1, -0.05) is 54.2 Å². The number of benzene rings is 2. The summed E-state index contributed by atoms with van der Waals surface area (Å²) in [4.78, 5) is 30.5. The number of para-hydroxylation sites is 1. The summed E-state index contributed by atoms with van der Waals surface area (Å²) in [5, 5.41) is 3.92. The lowest BCUT2D eigenvalue weighted by Gasteiger charge is -2.27. The summed E-state index contributed by atoms with van der Waals surface area (Å²) in [6, 6.07) is 15.6. The Bertz CT molecular complexity index is 1150. The van der Waals surface area contributed by atoms with Crippen LogP contribution in [0.3, 0.4) is 0 Å². The molecule has 4 rings (SSSR count). The number of aromatic nitrogens is 2. The molecule has 0 bridgehead atoms. The number of hydrogen-bond donors (Lipinski definition) is 1. The van der Waals surface area contributed by atoms with Gasteiger partial charge in [0.05, 0.1) is 22.2 Å². The first-order chi connectivity index (χ1) is 14.6. The summed E-state index contributed by atoms with van der Waals surface area (Å²) in [6.45, 7) is 5.96. The predicted octanol–water partition coefficient (Wildman–Crippen LogP) is 4.26. The molecule has 2 atom stereocenters.